The predicted molar refractivity (Wildman–Crippen MR) is 70.9 cm³/mol. The lowest BCUT2D eigenvalue weighted by atomic mass is 10.4. The van der Waals surface area contributed by atoms with Crippen molar-refractivity contribution < 1.29 is 18.0 Å². The molecule has 102 valence electrons. The summed E-state index contributed by atoms with van der Waals surface area (Å²) in [5, 5.41) is 0. The molecule has 0 fully saturated rings. The molecule has 0 saturated carbocycles. The highest BCUT2D eigenvalue weighted by atomic mass is 28.4. The Morgan fingerprint density at radius 1 is 1.06 bits per heavy atom. The Labute approximate surface area is 106 Å². The first-order valence-electron chi connectivity index (χ1n) is 6.20. The molecule has 0 spiro atoms. The van der Waals surface area contributed by atoms with E-state index in [0.29, 0.717) is 26.4 Å². The maximum atomic E-state index is 5.74. The largest absolute Gasteiger partial charge is 0.531 e. The van der Waals surface area contributed by atoms with Gasteiger partial charge >= 0.3 is 8.80 Å². The molecule has 0 aliphatic heterocycles. The minimum absolute atomic E-state index is 0.181. The zero-order valence-corrected chi connectivity index (χ0v) is 12.7. The molecule has 0 rings (SSSR count). The highest BCUT2D eigenvalue weighted by Gasteiger charge is 2.48. The van der Waals surface area contributed by atoms with Crippen LogP contribution in [-0.4, -0.2) is 41.0 Å². The highest BCUT2D eigenvalue weighted by molar-refractivity contribution is 6.62. The molecule has 0 saturated heterocycles. The summed E-state index contributed by atoms with van der Waals surface area (Å²) in [6.07, 6.45) is 0. The average molecular weight is 262 g/mol. The minimum atomic E-state index is -2.73. The topological polar surface area (TPSA) is 36.9 Å². The van der Waals surface area contributed by atoms with Crippen molar-refractivity contribution in [3.63, 3.8) is 0 Å². The van der Waals surface area contributed by atoms with Gasteiger partial charge in [0.1, 0.15) is 5.73 Å². The molecule has 0 amide bonds. The van der Waals surface area contributed by atoms with E-state index in [-0.39, 0.29) is 5.73 Å². The second-order valence-corrected chi connectivity index (χ2v) is 6.70. The van der Waals surface area contributed by atoms with Crippen molar-refractivity contribution in [2.45, 2.75) is 40.3 Å². The van der Waals surface area contributed by atoms with E-state index in [4.69, 9.17) is 18.0 Å². The fraction of sp³-hybridized carbons (Fsp3) is 0.833. The van der Waals surface area contributed by atoms with Crippen LogP contribution in [0.4, 0.5) is 0 Å². The van der Waals surface area contributed by atoms with Gasteiger partial charge in [0.25, 0.3) is 0 Å². The monoisotopic (exact) mass is 262 g/mol. The van der Waals surface area contributed by atoms with E-state index in [0.717, 1.165) is 5.57 Å². The van der Waals surface area contributed by atoms with Crippen LogP contribution in [0.15, 0.2) is 12.2 Å². The molecule has 4 nitrogen and oxygen atoms in total. The third-order valence-corrected chi connectivity index (χ3v) is 5.35. The van der Waals surface area contributed by atoms with Gasteiger partial charge < -0.3 is 18.0 Å². The van der Waals surface area contributed by atoms with Gasteiger partial charge in [0.05, 0.1) is 6.61 Å². The van der Waals surface area contributed by atoms with Crippen molar-refractivity contribution in [1.82, 2.24) is 0 Å². The third-order valence-electron chi connectivity index (χ3n) is 2.11. The van der Waals surface area contributed by atoms with Gasteiger partial charge in [-0.15, -0.1) is 0 Å². The highest BCUT2D eigenvalue weighted by Crippen LogP contribution is 2.18. The van der Waals surface area contributed by atoms with Crippen LogP contribution < -0.4 is 0 Å². The molecule has 0 N–H and O–H groups in total. The smallest absolute Gasteiger partial charge is 0.372 e. The second-order valence-electron chi connectivity index (χ2n) is 3.81. The van der Waals surface area contributed by atoms with E-state index in [2.05, 4.69) is 6.58 Å². The van der Waals surface area contributed by atoms with Gasteiger partial charge in [-0.2, -0.15) is 0 Å². The van der Waals surface area contributed by atoms with Gasteiger partial charge in [-0.25, -0.2) is 0 Å². The molecule has 0 aliphatic rings. The molecule has 1 atom stereocenters. The Morgan fingerprint density at radius 2 is 1.47 bits per heavy atom. The Kier molecular flexibility index (Phi) is 8.72. The second kappa shape index (κ2) is 8.83. The minimum Gasteiger partial charge on any atom is -0.372 e. The first-order chi connectivity index (χ1) is 8.02. The molecule has 17 heavy (non-hydrogen) atoms. The fourth-order valence-corrected chi connectivity index (χ4v) is 3.90. The average Bonchev–Trinajstić information content (AvgIpc) is 2.26. The molecule has 5 heteroatoms. The number of rotatable bonds is 10. The van der Waals surface area contributed by atoms with Crippen LogP contribution in [-0.2, 0) is 18.0 Å². The predicted octanol–water partition coefficient (Wildman–Crippen LogP) is 2.56. The van der Waals surface area contributed by atoms with E-state index in [9.17, 15) is 0 Å². The Bertz CT molecular complexity index is 204. The maximum Gasteiger partial charge on any atom is 0.531 e. The first kappa shape index (κ1) is 16.8. The van der Waals surface area contributed by atoms with Crippen molar-refractivity contribution in [3.05, 3.63) is 12.2 Å². The van der Waals surface area contributed by atoms with Gasteiger partial charge in [-0.05, 0) is 34.6 Å². The summed E-state index contributed by atoms with van der Waals surface area (Å²) in [7, 11) is -2.73. The molecular weight excluding hydrogens is 236 g/mol. The van der Waals surface area contributed by atoms with Crippen molar-refractivity contribution in [2.24, 2.45) is 0 Å². The lowest BCUT2D eigenvalue weighted by molar-refractivity contribution is 0.00249. The SMILES string of the molecule is C=C(C)COC(C)[Si](OCC)(OCC)OCC. The van der Waals surface area contributed by atoms with E-state index >= 15 is 0 Å². The zero-order chi connectivity index (χ0) is 13.3. The van der Waals surface area contributed by atoms with Crippen LogP contribution in [0.25, 0.3) is 0 Å². The lowest BCUT2D eigenvalue weighted by Crippen LogP contribution is -2.56. The van der Waals surface area contributed by atoms with Crippen LogP contribution in [0.2, 0.25) is 0 Å². The summed E-state index contributed by atoms with van der Waals surface area (Å²) in [5.41, 5.74) is 0.795. The number of ether oxygens (including phenoxy) is 1. The van der Waals surface area contributed by atoms with Gasteiger partial charge in [0.2, 0.25) is 0 Å². The molecule has 0 aromatic rings. The van der Waals surface area contributed by atoms with E-state index in [1.165, 1.54) is 0 Å². The summed E-state index contributed by atoms with van der Waals surface area (Å²) in [5.74, 6) is 0. The maximum absolute atomic E-state index is 5.74. The molecule has 0 heterocycles. The van der Waals surface area contributed by atoms with Crippen molar-refractivity contribution >= 4 is 8.80 Å². The van der Waals surface area contributed by atoms with Crippen LogP contribution >= 0.6 is 0 Å². The summed E-state index contributed by atoms with van der Waals surface area (Å²) in [4.78, 5) is 0. The van der Waals surface area contributed by atoms with Gasteiger partial charge in [0.15, 0.2) is 0 Å². The Hall–Kier alpha value is -0.203. The van der Waals surface area contributed by atoms with Crippen molar-refractivity contribution in [1.29, 1.82) is 0 Å². The van der Waals surface area contributed by atoms with E-state index < -0.39 is 8.80 Å². The van der Waals surface area contributed by atoms with Crippen LogP contribution in [0.5, 0.6) is 0 Å². The molecular formula is C12H26O4Si. The molecule has 0 aromatic carbocycles. The molecule has 0 aromatic heterocycles. The van der Waals surface area contributed by atoms with E-state index in [1.54, 1.807) is 0 Å². The quantitative estimate of drug-likeness (QED) is 0.448. The summed E-state index contributed by atoms with van der Waals surface area (Å²) in [6.45, 7) is 15.7. The Morgan fingerprint density at radius 3 is 1.76 bits per heavy atom. The van der Waals surface area contributed by atoms with Crippen LogP contribution in [0.1, 0.15) is 34.6 Å². The third kappa shape index (κ3) is 5.79. The van der Waals surface area contributed by atoms with Crippen molar-refractivity contribution in [2.75, 3.05) is 26.4 Å². The van der Waals surface area contributed by atoms with Gasteiger partial charge in [0, 0.05) is 19.8 Å². The molecule has 1 unspecified atom stereocenters. The molecule has 0 radical (unpaired) electrons. The molecule has 0 aliphatic carbocycles. The Balaban J connectivity index is 4.64. The summed E-state index contributed by atoms with van der Waals surface area (Å²) < 4.78 is 22.9. The molecule has 0 bridgehead atoms. The van der Waals surface area contributed by atoms with Crippen LogP contribution in [0, 0.1) is 0 Å². The van der Waals surface area contributed by atoms with Gasteiger partial charge in [-0.1, -0.05) is 12.2 Å². The first-order valence-corrected chi connectivity index (χ1v) is 8.00. The number of hydrogen-bond acceptors (Lipinski definition) is 4. The standard InChI is InChI=1S/C12H26O4Si/c1-7-14-17(15-8-2,16-9-3)12(6)13-10-11(4)5/h12H,4,7-10H2,1-3,5-6H3. The van der Waals surface area contributed by atoms with Gasteiger partial charge in [-0.3, -0.25) is 0 Å². The fourth-order valence-electron chi connectivity index (χ4n) is 1.45. The van der Waals surface area contributed by atoms with E-state index in [1.807, 2.05) is 34.6 Å². The van der Waals surface area contributed by atoms with Crippen LogP contribution in [0.3, 0.4) is 0 Å². The normalized spacial score (nSPS) is 13.7. The van der Waals surface area contributed by atoms with Crippen molar-refractivity contribution in [3.8, 4) is 0 Å². The lowest BCUT2D eigenvalue weighted by Gasteiger charge is -2.33. The zero-order valence-electron chi connectivity index (χ0n) is 11.7. The number of hydrogen-bond donors (Lipinski definition) is 0. The summed E-state index contributed by atoms with van der Waals surface area (Å²) >= 11 is 0. The summed E-state index contributed by atoms with van der Waals surface area (Å²) in [6, 6.07) is 0.